The van der Waals surface area contributed by atoms with Gasteiger partial charge >= 0.3 is 0 Å². The van der Waals surface area contributed by atoms with Gasteiger partial charge in [-0.25, -0.2) is 0 Å². The second-order valence-corrected chi connectivity index (χ2v) is 3.53. The third-order valence-corrected chi connectivity index (χ3v) is 2.07. The zero-order valence-corrected chi connectivity index (χ0v) is 9.38. The molecule has 6 heteroatoms. The zero-order valence-electron chi connectivity index (χ0n) is 8.62. The number of aryl methyl sites for hydroxylation is 1. The van der Waals surface area contributed by atoms with Crippen LogP contribution in [0.3, 0.4) is 0 Å². The fraction of sp³-hybridized carbons (Fsp3) is 0.667. The molecule has 1 rings (SSSR count). The monoisotopic (exact) mass is 231 g/mol. The number of halogens is 1. The molecular weight excluding hydrogens is 218 g/mol. The first-order valence-electron chi connectivity index (χ1n) is 4.84. The first-order chi connectivity index (χ1) is 7.22. The summed E-state index contributed by atoms with van der Waals surface area (Å²) in [5.41, 5.74) is 0. The SMILES string of the molecule is Cc1nc(CNC(=O)CCCCCl)no1. The van der Waals surface area contributed by atoms with E-state index in [4.69, 9.17) is 16.1 Å². The lowest BCUT2D eigenvalue weighted by molar-refractivity contribution is -0.121. The normalized spacial score (nSPS) is 10.3. The number of amides is 1. The van der Waals surface area contributed by atoms with Crippen molar-refractivity contribution in [3.05, 3.63) is 11.7 Å². The standard InChI is InChI=1S/C9H14ClN3O2/c1-7-12-8(13-15-7)6-11-9(14)4-2-3-5-10/h2-6H2,1H3,(H,11,14). The topological polar surface area (TPSA) is 68.0 Å². The van der Waals surface area contributed by atoms with Gasteiger partial charge in [-0.2, -0.15) is 4.98 Å². The highest BCUT2D eigenvalue weighted by Crippen LogP contribution is 1.98. The van der Waals surface area contributed by atoms with Gasteiger partial charge in [0, 0.05) is 19.2 Å². The van der Waals surface area contributed by atoms with E-state index in [0.717, 1.165) is 12.8 Å². The van der Waals surface area contributed by atoms with Crippen LogP contribution in [0, 0.1) is 6.92 Å². The molecule has 1 aromatic rings. The van der Waals surface area contributed by atoms with Crippen molar-refractivity contribution in [1.82, 2.24) is 15.5 Å². The molecule has 0 aliphatic rings. The summed E-state index contributed by atoms with van der Waals surface area (Å²) in [6.45, 7) is 2.02. The Morgan fingerprint density at radius 3 is 2.93 bits per heavy atom. The first-order valence-corrected chi connectivity index (χ1v) is 5.37. The molecule has 0 fully saturated rings. The van der Waals surface area contributed by atoms with E-state index >= 15 is 0 Å². The molecule has 0 aliphatic heterocycles. The molecule has 0 radical (unpaired) electrons. The second kappa shape index (κ2) is 6.40. The number of hydrogen-bond donors (Lipinski definition) is 1. The number of carbonyl (C=O) groups is 1. The summed E-state index contributed by atoms with van der Waals surface area (Å²) in [6, 6.07) is 0. The van der Waals surface area contributed by atoms with Gasteiger partial charge in [-0.15, -0.1) is 11.6 Å². The van der Waals surface area contributed by atoms with Crippen LogP contribution in [0.4, 0.5) is 0 Å². The Morgan fingerprint density at radius 1 is 1.53 bits per heavy atom. The molecule has 0 spiro atoms. The van der Waals surface area contributed by atoms with Crippen molar-refractivity contribution in [2.24, 2.45) is 0 Å². The van der Waals surface area contributed by atoms with Crippen LogP contribution < -0.4 is 5.32 Å². The quantitative estimate of drug-likeness (QED) is 0.594. The fourth-order valence-corrected chi connectivity index (χ4v) is 1.25. The van der Waals surface area contributed by atoms with Gasteiger partial charge in [0.2, 0.25) is 11.8 Å². The minimum absolute atomic E-state index is 0.0115. The maximum atomic E-state index is 11.3. The first kappa shape index (κ1) is 12.0. The molecule has 5 nitrogen and oxygen atoms in total. The van der Waals surface area contributed by atoms with Crippen LogP contribution in [-0.4, -0.2) is 21.9 Å². The maximum absolute atomic E-state index is 11.3. The predicted octanol–water partition coefficient (Wildman–Crippen LogP) is 1.40. The minimum Gasteiger partial charge on any atom is -0.349 e. The van der Waals surface area contributed by atoms with E-state index in [1.54, 1.807) is 6.92 Å². The third-order valence-electron chi connectivity index (χ3n) is 1.80. The van der Waals surface area contributed by atoms with Crippen LogP contribution in [0.1, 0.15) is 31.0 Å². The van der Waals surface area contributed by atoms with Crippen LogP contribution in [0.5, 0.6) is 0 Å². The highest BCUT2D eigenvalue weighted by Gasteiger charge is 2.04. The lowest BCUT2D eigenvalue weighted by Gasteiger charge is -2.00. The summed E-state index contributed by atoms with van der Waals surface area (Å²) < 4.78 is 4.77. The average molecular weight is 232 g/mol. The van der Waals surface area contributed by atoms with Crippen LogP contribution in [0.2, 0.25) is 0 Å². The van der Waals surface area contributed by atoms with E-state index in [1.807, 2.05) is 0 Å². The lowest BCUT2D eigenvalue weighted by atomic mass is 10.2. The number of aromatic nitrogens is 2. The Morgan fingerprint density at radius 2 is 2.33 bits per heavy atom. The molecule has 1 amide bonds. The van der Waals surface area contributed by atoms with Crippen molar-refractivity contribution in [3.63, 3.8) is 0 Å². The maximum Gasteiger partial charge on any atom is 0.223 e. The molecular formula is C9H14ClN3O2. The van der Waals surface area contributed by atoms with Gasteiger partial charge < -0.3 is 9.84 Å². The zero-order chi connectivity index (χ0) is 11.1. The summed E-state index contributed by atoms with van der Waals surface area (Å²) >= 11 is 5.50. The van der Waals surface area contributed by atoms with Gasteiger partial charge in [-0.05, 0) is 12.8 Å². The number of carbonyl (C=O) groups excluding carboxylic acids is 1. The van der Waals surface area contributed by atoms with Crippen molar-refractivity contribution in [1.29, 1.82) is 0 Å². The smallest absolute Gasteiger partial charge is 0.223 e. The Hall–Kier alpha value is -1.10. The Balaban J connectivity index is 2.16. The van der Waals surface area contributed by atoms with Crippen molar-refractivity contribution < 1.29 is 9.32 Å². The van der Waals surface area contributed by atoms with Crippen LogP contribution in [0.25, 0.3) is 0 Å². The van der Waals surface area contributed by atoms with Gasteiger partial charge in [-0.1, -0.05) is 5.16 Å². The van der Waals surface area contributed by atoms with E-state index in [9.17, 15) is 4.79 Å². The number of rotatable bonds is 6. The predicted molar refractivity (Wildman–Crippen MR) is 55.5 cm³/mol. The van der Waals surface area contributed by atoms with E-state index in [0.29, 0.717) is 30.6 Å². The summed E-state index contributed by atoms with van der Waals surface area (Å²) in [6.07, 6.45) is 2.15. The molecule has 1 N–H and O–H groups in total. The molecule has 84 valence electrons. The van der Waals surface area contributed by atoms with Gasteiger partial charge in [0.15, 0.2) is 5.82 Å². The molecule has 1 aromatic heterocycles. The van der Waals surface area contributed by atoms with E-state index < -0.39 is 0 Å². The average Bonchev–Trinajstić information content (AvgIpc) is 2.62. The number of hydrogen-bond acceptors (Lipinski definition) is 4. The van der Waals surface area contributed by atoms with Gasteiger partial charge in [0.1, 0.15) is 0 Å². The highest BCUT2D eigenvalue weighted by molar-refractivity contribution is 6.17. The summed E-state index contributed by atoms with van der Waals surface area (Å²) in [4.78, 5) is 15.2. The van der Waals surface area contributed by atoms with Crippen LogP contribution in [-0.2, 0) is 11.3 Å². The lowest BCUT2D eigenvalue weighted by Crippen LogP contribution is -2.22. The molecule has 0 saturated carbocycles. The minimum atomic E-state index is -0.0115. The van der Waals surface area contributed by atoms with Crippen molar-refractivity contribution in [2.75, 3.05) is 5.88 Å². The number of alkyl halides is 1. The summed E-state index contributed by atoms with van der Waals surface area (Å²) in [7, 11) is 0. The van der Waals surface area contributed by atoms with E-state index in [1.165, 1.54) is 0 Å². The molecule has 0 saturated heterocycles. The Labute approximate surface area is 93.2 Å². The number of nitrogens with zero attached hydrogens (tertiary/aromatic N) is 2. The van der Waals surface area contributed by atoms with Crippen molar-refractivity contribution in [3.8, 4) is 0 Å². The van der Waals surface area contributed by atoms with Gasteiger partial charge in [0.25, 0.3) is 0 Å². The van der Waals surface area contributed by atoms with Gasteiger partial charge in [-0.3, -0.25) is 4.79 Å². The molecule has 0 unspecified atom stereocenters. The van der Waals surface area contributed by atoms with Gasteiger partial charge in [0.05, 0.1) is 6.54 Å². The summed E-state index contributed by atoms with van der Waals surface area (Å²) in [5.74, 6) is 1.58. The molecule has 1 heterocycles. The highest BCUT2D eigenvalue weighted by atomic mass is 35.5. The Kier molecular flexibility index (Phi) is 5.10. The number of unbranched alkanes of at least 4 members (excludes halogenated alkanes) is 1. The van der Waals surface area contributed by atoms with Crippen molar-refractivity contribution >= 4 is 17.5 Å². The molecule has 15 heavy (non-hydrogen) atoms. The fourth-order valence-electron chi connectivity index (χ4n) is 1.06. The number of nitrogens with one attached hydrogen (secondary N) is 1. The van der Waals surface area contributed by atoms with E-state index in [-0.39, 0.29) is 5.91 Å². The second-order valence-electron chi connectivity index (χ2n) is 3.15. The molecule has 0 aliphatic carbocycles. The van der Waals surface area contributed by atoms with E-state index in [2.05, 4.69) is 15.5 Å². The Bertz CT molecular complexity index is 314. The largest absolute Gasteiger partial charge is 0.349 e. The van der Waals surface area contributed by atoms with Crippen molar-refractivity contribution in [2.45, 2.75) is 32.7 Å². The third kappa shape index (κ3) is 4.78. The molecule has 0 bridgehead atoms. The van der Waals surface area contributed by atoms with Crippen LogP contribution >= 0.6 is 11.6 Å². The molecule has 0 aromatic carbocycles. The van der Waals surface area contributed by atoms with Crippen LogP contribution in [0.15, 0.2) is 4.52 Å². The molecule has 0 atom stereocenters. The summed E-state index contributed by atoms with van der Waals surface area (Å²) in [5, 5.41) is 6.37.